The highest BCUT2D eigenvalue weighted by Crippen LogP contribution is 2.17. The minimum atomic E-state index is -0.305. The first-order chi connectivity index (χ1) is 14.5. The van der Waals surface area contributed by atoms with E-state index in [0.29, 0.717) is 38.6 Å². The van der Waals surface area contributed by atoms with Crippen molar-refractivity contribution in [2.75, 3.05) is 5.32 Å². The lowest BCUT2D eigenvalue weighted by Gasteiger charge is -2.08. The Hall–Kier alpha value is -3.77. The van der Waals surface area contributed by atoms with Crippen LogP contribution in [0.1, 0.15) is 21.7 Å². The van der Waals surface area contributed by atoms with E-state index in [0.717, 1.165) is 0 Å². The lowest BCUT2D eigenvalue weighted by molar-refractivity contribution is 0.102. The quantitative estimate of drug-likeness (QED) is 0.498. The molecule has 1 heterocycles. The van der Waals surface area contributed by atoms with Crippen LogP contribution in [0.5, 0.6) is 0 Å². The van der Waals surface area contributed by atoms with E-state index in [1.165, 1.54) is 4.68 Å². The summed E-state index contributed by atoms with van der Waals surface area (Å²) >= 11 is 6.08. The fourth-order valence-electron chi connectivity index (χ4n) is 3.04. The van der Waals surface area contributed by atoms with E-state index in [1.54, 1.807) is 73.8 Å². The van der Waals surface area contributed by atoms with E-state index in [-0.39, 0.29) is 11.5 Å². The normalized spacial score (nSPS) is 11.1. The van der Waals surface area contributed by atoms with Gasteiger partial charge in [-0.3, -0.25) is 9.59 Å². The molecule has 0 fully saturated rings. The summed E-state index contributed by atoms with van der Waals surface area (Å²) in [7, 11) is 0. The van der Waals surface area contributed by atoms with Crippen LogP contribution < -0.4 is 10.9 Å². The van der Waals surface area contributed by atoms with Crippen molar-refractivity contribution in [1.82, 2.24) is 9.66 Å². The number of nitrogens with zero attached hydrogens (tertiary/aromatic N) is 3. The van der Waals surface area contributed by atoms with Crippen molar-refractivity contribution in [3.63, 3.8) is 0 Å². The van der Waals surface area contributed by atoms with Crippen LogP contribution in [-0.4, -0.2) is 21.8 Å². The van der Waals surface area contributed by atoms with E-state index < -0.39 is 0 Å². The molecule has 0 saturated heterocycles. The van der Waals surface area contributed by atoms with Gasteiger partial charge in [0.2, 0.25) is 0 Å². The molecule has 7 heteroatoms. The number of aromatic nitrogens is 2. The second-order valence-corrected chi connectivity index (χ2v) is 7.00. The summed E-state index contributed by atoms with van der Waals surface area (Å²) < 4.78 is 1.26. The molecule has 0 bridgehead atoms. The van der Waals surface area contributed by atoms with E-state index in [1.807, 2.05) is 12.1 Å². The van der Waals surface area contributed by atoms with Crippen molar-refractivity contribution < 1.29 is 4.79 Å². The Morgan fingerprint density at radius 3 is 2.67 bits per heavy atom. The zero-order valence-corrected chi connectivity index (χ0v) is 16.8. The highest BCUT2D eigenvalue weighted by atomic mass is 35.5. The molecular formula is C23H17ClN4O2. The molecule has 1 N–H and O–H groups in total. The fourth-order valence-corrected chi connectivity index (χ4v) is 3.26. The zero-order chi connectivity index (χ0) is 21.1. The van der Waals surface area contributed by atoms with Crippen LogP contribution in [0, 0.1) is 6.92 Å². The molecule has 3 aromatic carbocycles. The van der Waals surface area contributed by atoms with E-state index >= 15 is 0 Å². The predicted octanol–water partition coefficient (Wildman–Crippen LogP) is 4.49. The molecule has 4 rings (SSSR count). The molecule has 0 aliphatic carbocycles. The van der Waals surface area contributed by atoms with Gasteiger partial charge < -0.3 is 5.32 Å². The van der Waals surface area contributed by atoms with Crippen LogP contribution in [0.4, 0.5) is 5.69 Å². The molecule has 0 unspecified atom stereocenters. The third kappa shape index (κ3) is 3.99. The van der Waals surface area contributed by atoms with Crippen molar-refractivity contribution in [1.29, 1.82) is 0 Å². The Morgan fingerprint density at radius 1 is 1.07 bits per heavy atom. The van der Waals surface area contributed by atoms with Gasteiger partial charge in [-0.1, -0.05) is 48.0 Å². The van der Waals surface area contributed by atoms with Crippen LogP contribution in [0.15, 0.2) is 82.7 Å². The number of aryl methyl sites for hydroxylation is 1. The monoisotopic (exact) mass is 416 g/mol. The maximum Gasteiger partial charge on any atom is 0.282 e. The van der Waals surface area contributed by atoms with Gasteiger partial charge in [-0.25, -0.2) is 4.98 Å². The fraction of sp³-hybridized carbons (Fsp3) is 0.0435. The molecule has 0 aliphatic heterocycles. The summed E-state index contributed by atoms with van der Waals surface area (Å²) in [6.45, 7) is 1.73. The minimum absolute atomic E-state index is 0.238. The van der Waals surface area contributed by atoms with Crippen molar-refractivity contribution in [2.24, 2.45) is 5.10 Å². The van der Waals surface area contributed by atoms with Crippen molar-refractivity contribution in [2.45, 2.75) is 6.92 Å². The summed E-state index contributed by atoms with van der Waals surface area (Å²) in [5, 5.41) is 8.00. The van der Waals surface area contributed by atoms with Crippen LogP contribution in [0.25, 0.3) is 10.9 Å². The summed E-state index contributed by atoms with van der Waals surface area (Å²) in [6, 6.07) is 21.1. The first-order valence-corrected chi connectivity index (χ1v) is 9.59. The van der Waals surface area contributed by atoms with Gasteiger partial charge in [0.1, 0.15) is 5.82 Å². The molecule has 0 atom stereocenters. The molecule has 0 radical (unpaired) electrons. The zero-order valence-electron chi connectivity index (χ0n) is 16.0. The topological polar surface area (TPSA) is 76.3 Å². The van der Waals surface area contributed by atoms with Gasteiger partial charge in [0.15, 0.2) is 0 Å². The number of anilines is 1. The largest absolute Gasteiger partial charge is 0.322 e. The lowest BCUT2D eigenvalue weighted by Crippen LogP contribution is -2.20. The smallest absolute Gasteiger partial charge is 0.282 e. The number of hydrogen-bond acceptors (Lipinski definition) is 4. The van der Waals surface area contributed by atoms with E-state index in [4.69, 9.17) is 11.6 Å². The minimum Gasteiger partial charge on any atom is -0.322 e. The summed E-state index contributed by atoms with van der Waals surface area (Å²) in [4.78, 5) is 29.6. The number of halogens is 1. The van der Waals surface area contributed by atoms with Crippen LogP contribution in [0.3, 0.4) is 0 Å². The van der Waals surface area contributed by atoms with Gasteiger partial charge >= 0.3 is 0 Å². The predicted molar refractivity (Wildman–Crippen MR) is 120 cm³/mol. The van der Waals surface area contributed by atoms with Gasteiger partial charge in [0, 0.05) is 5.69 Å². The molecule has 30 heavy (non-hydrogen) atoms. The van der Waals surface area contributed by atoms with Gasteiger partial charge in [-0.05, 0) is 48.9 Å². The van der Waals surface area contributed by atoms with Crippen molar-refractivity contribution in [3.05, 3.63) is 105 Å². The molecular weight excluding hydrogens is 400 g/mol. The second kappa shape index (κ2) is 8.31. The SMILES string of the molecule is Cc1nc2ccccc2c(=O)n1/N=C\c1cccc(NC(=O)c2ccccc2Cl)c1. The number of fused-ring (bicyclic) bond motifs is 1. The number of hydrogen-bond donors (Lipinski definition) is 1. The Balaban J connectivity index is 1.60. The summed E-state index contributed by atoms with van der Waals surface area (Å²) in [5.41, 5.74) is 2.09. The number of carbonyl (C=O) groups excluding carboxylic acids is 1. The summed E-state index contributed by atoms with van der Waals surface area (Å²) in [6.07, 6.45) is 1.55. The van der Waals surface area contributed by atoms with E-state index in [9.17, 15) is 9.59 Å². The van der Waals surface area contributed by atoms with Crippen molar-refractivity contribution >= 4 is 40.3 Å². The number of amides is 1. The number of rotatable bonds is 4. The third-order valence-corrected chi connectivity index (χ3v) is 4.83. The molecule has 1 amide bonds. The Labute approximate surface area is 177 Å². The summed E-state index contributed by atoms with van der Waals surface area (Å²) in [5.74, 6) is 0.179. The molecule has 0 saturated carbocycles. The first kappa shape index (κ1) is 19.5. The van der Waals surface area contributed by atoms with Gasteiger partial charge in [-0.15, -0.1) is 0 Å². The standard InChI is InChI=1S/C23H17ClN4O2/c1-15-26-21-12-5-3-10-19(21)23(30)28(15)25-14-16-7-6-8-17(13-16)27-22(29)18-9-2-4-11-20(18)24/h2-14H,1H3,(H,27,29)/b25-14-. The molecule has 1 aromatic heterocycles. The highest BCUT2D eigenvalue weighted by molar-refractivity contribution is 6.34. The van der Waals surface area contributed by atoms with Crippen LogP contribution in [0.2, 0.25) is 5.02 Å². The maximum absolute atomic E-state index is 12.7. The maximum atomic E-state index is 12.7. The molecule has 4 aromatic rings. The second-order valence-electron chi connectivity index (χ2n) is 6.60. The van der Waals surface area contributed by atoms with Gasteiger partial charge in [0.05, 0.1) is 27.7 Å². The van der Waals surface area contributed by atoms with Crippen molar-refractivity contribution in [3.8, 4) is 0 Å². The third-order valence-electron chi connectivity index (χ3n) is 4.50. The average molecular weight is 417 g/mol. The molecule has 0 aliphatic rings. The highest BCUT2D eigenvalue weighted by Gasteiger charge is 2.10. The van der Waals surface area contributed by atoms with Gasteiger partial charge in [-0.2, -0.15) is 9.78 Å². The first-order valence-electron chi connectivity index (χ1n) is 9.21. The van der Waals surface area contributed by atoms with Crippen LogP contribution >= 0.6 is 11.6 Å². The number of para-hydroxylation sites is 1. The Kier molecular flexibility index (Phi) is 5.41. The Morgan fingerprint density at radius 2 is 1.83 bits per heavy atom. The molecule has 6 nitrogen and oxygen atoms in total. The Bertz CT molecular complexity index is 1340. The van der Waals surface area contributed by atoms with Gasteiger partial charge in [0.25, 0.3) is 11.5 Å². The lowest BCUT2D eigenvalue weighted by atomic mass is 10.2. The van der Waals surface area contributed by atoms with E-state index in [2.05, 4.69) is 15.4 Å². The average Bonchev–Trinajstić information content (AvgIpc) is 2.74. The number of benzene rings is 3. The van der Waals surface area contributed by atoms with Crippen LogP contribution in [-0.2, 0) is 0 Å². The number of nitrogens with one attached hydrogen (secondary N) is 1. The number of carbonyl (C=O) groups is 1. The molecule has 148 valence electrons. The molecule has 0 spiro atoms.